The number of amides is 1. The summed E-state index contributed by atoms with van der Waals surface area (Å²) in [7, 11) is -2.26. The van der Waals surface area contributed by atoms with Crippen molar-refractivity contribution in [2.75, 3.05) is 24.9 Å². The molecule has 0 bridgehead atoms. The molecule has 0 aromatic heterocycles. The van der Waals surface area contributed by atoms with Gasteiger partial charge in [-0.25, -0.2) is 0 Å². The van der Waals surface area contributed by atoms with Gasteiger partial charge in [-0.05, 0) is 44.2 Å². The summed E-state index contributed by atoms with van der Waals surface area (Å²) in [6.45, 7) is 4.27. The highest BCUT2D eigenvalue weighted by molar-refractivity contribution is 7.91. The molecule has 2 aliphatic rings. The van der Waals surface area contributed by atoms with E-state index in [-0.39, 0.29) is 30.1 Å². The van der Waals surface area contributed by atoms with Crippen LogP contribution in [0.3, 0.4) is 0 Å². The molecular weight excluding hydrogens is 408 g/mol. The lowest BCUT2D eigenvalue weighted by Gasteiger charge is -2.35. The summed E-state index contributed by atoms with van der Waals surface area (Å²) in [5.74, 6) is 0.0165. The second-order valence-electron chi connectivity index (χ2n) is 6.81. The molecule has 0 saturated carbocycles. The van der Waals surface area contributed by atoms with Crippen LogP contribution >= 0.6 is 0 Å². The molecule has 1 aromatic carbocycles. The van der Waals surface area contributed by atoms with Crippen LogP contribution in [0.15, 0.2) is 44.4 Å². The lowest BCUT2D eigenvalue weighted by Crippen LogP contribution is -2.47. The number of fused-ring (bicyclic) bond motifs is 1. The molecule has 11 heteroatoms. The van der Waals surface area contributed by atoms with Gasteiger partial charge in [0.15, 0.2) is 5.84 Å². The Labute approximate surface area is 175 Å². The van der Waals surface area contributed by atoms with Gasteiger partial charge in [-0.2, -0.15) is 8.42 Å². The lowest BCUT2D eigenvalue weighted by molar-refractivity contribution is -0.131. The average Bonchev–Trinajstić information content (AvgIpc) is 2.71. The molecule has 0 aliphatic carbocycles. The summed E-state index contributed by atoms with van der Waals surface area (Å²) in [6, 6.07) is 4.75. The summed E-state index contributed by atoms with van der Waals surface area (Å²) in [6.07, 6.45) is 5.64. The maximum Gasteiger partial charge on any atom is 0.344 e. The number of hydrogen-bond donors (Lipinski definition) is 2. The summed E-state index contributed by atoms with van der Waals surface area (Å²) >= 11 is 0. The molecule has 10 nitrogen and oxygen atoms in total. The Morgan fingerprint density at radius 1 is 1.47 bits per heavy atom. The van der Waals surface area contributed by atoms with E-state index in [2.05, 4.69) is 25.8 Å². The van der Waals surface area contributed by atoms with Crippen LogP contribution in [0.4, 0.5) is 5.69 Å². The largest absolute Gasteiger partial charge is 0.491 e. The number of ether oxygens (including phenoxy) is 1. The minimum atomic E-state index is -3.87. The third-order valence-electron chi connectivity index (χ3n) is 4.83. The summed E-state index contributed by atoms with van der Waals surface area (Å²) < 4.78 is 35.3. The predicted molar refractivity (Wildman–Crippen MR) is 117 cm³/mol. The number of carbonyl (C=O) groups excluding carboxylic acids is 1. The van der Waals surface area contributed by atoms with Crippen molar-refractivity contribution < 1.29 is 17.9 Å². The highest BCUT2D eigenvalue weighted by Crippen LogP contribution is 2.31. The van der Waals surface area contributed by atoms with Crippen molar-refractivity contribution in [2.24, 2.45) is 20.1 Å². The minimum absolute atomic E-state index is 0.143. The molecule has 0 unspecified atom stereocenters. The van der Waals surface area contributed by atoms with Gasteiger partial charge in [0.05, 0.1) is 17.3 Å². The molecule has 0 radical (unpaired) electrons. The molecular formula is C19H24N6O4S. The van der Waals surface area contributed by atoms with Gasteiger partial charge in [0.1, 0.15) is 18.1 Å². The number of nitrogens with two attached hydrogens (primary N) is 1. The second-order valence-corrected chi connectivity index (χ2v) is 8.15. The fraction of sp³-hybridized carbons (Fsp3) is 0.368. The van der Waals surface area contributed by atoms with Crippen LogP contribution in [-0.4, -0.2) is 64.2 Å². The number of anilines is 1. The number of carbonyl (C=O) groups is 1. The Morgan fingerprint density at radius 3 is 3.00 bits per heavy atom. The van der Waals surface area contributed by atoms with Crippen molar-refractivity contribution in [1.82, 2.24) is 4.90 Å². The molecule has 2 heterocycles. The standard InChI is InChI=1S/C19H24N6O4S/c1-21-10-9-15(22-2)19(26)25-11-4-3-6-13(25)12-29-16-8-5-7-14-17(16)18(20)24-30(27,28)23-14/h5,7-10,13,23H,2-4,6,11-12H2,1H3,(H2,20,24)/b15-9-,21-10-/t13-/m1/s1. The van der Waals surface area contributed by atoms with Gasteiger partial charge >= 0.3 is 10.2 Å². The number of amidine groups is 1. The molecule has 1 fully saturated rings. The van der Waals surface area contributed by atoms with Crippen LogP contribution in [0.25, 0.3) is 0 Å². The van der Waals surface area contributed by atoms with E-state index in [9.17, 15) is 13.2 Å². The summed E-state index contributed by atoms with van der Waals surface area (Å²) in [5.41, 5.74) is 6.76. The fourth-order valence-corrected chi connectivity index (χ4v) is 4.29. The van der Waals surface area contributed by atoms with Crippen molar-refractivity contribution >= 4 is 40.6 Å². The van der Waals surface area contributed by atoms with E-state index in [0.29, 0.717) is 23.5 Å². The third kappa shape index (κ3) is 4.67. The normalized spacial score (nSPS) is 20.8. The van der Waals surface area contributed by atoms with Crippen LogP contribution in [0.5, 0.6) is 5.75 Å². The Balaban J connectivity index is 1.80. The molecule has 0 spiro atoms. The molecule has 3 rings (SSSR count). The van der Waals surface area contributed by atoms with Crippen LogP contribution < -0.4 is 15.2 Å². The van der Waals surface area contributed by atoms with Gasteiger partial charge < -0.3 is 15.4 Å². The number of piperidine rings is 1. The fourth-order valence-electron chi connectivity index (χ4n) is 3.45. The third-order valence-corrected chi connectivity index (χ3v) is 5.74. The molecule has 3 N–H and O–H groups in total. The van der Waals surface area contributed by atoms with E-state index in [1.54, 1.807) is 30.1 Å². The van der Waals surface area contributed by atoms with Crippen molar-refractivity contribution in [3.63, 3.8) is 0 Å². The zero-order valence-electron chi connectivity index (χ0n) is 16.6. The monoisotopic (exact) mass is 432 g/mol. The number of hydrogen-bond acceptors (Lipinski definition) is 7. The minimum Gasteiger partial charge on any atom is -0.491 e. The van der Waals surface area contributed by atoms with Crippen molar-refractivity contribution in [2.45, 2.75) is 25.3 Å². The number of likely N-dealkylation sites (tertiary alicyclic amines) is 1. The first-order valence-electron chi connectivity index (χ1n) is 9.41. The van der Waals surface area contributed by atoms with Crippen LogP contribution in [-0.2, 0) is 15.0 Å². The molecule has 1 atom stereocenters. The van der Waals surface area contributed by atoms with Gasteiger partial charge in [-0.3, -0.25) is 19.5 Å². The number of nitrogens with zero attached hydrogens (tertiary/aromatic N) is 4. The van der Waals surface area contributed by atoms with E-state index in [4.69, 9.17) is 10.5 Å². The molecule has 1 saturated heterocycles. The molecule has 160 valence electrons. The quantitative estimate of drug-likeness (QED) is 0.512. The zero-order chi connectivity index (χ0) is 21.7. The molecule has 1 aromatic rings. The van der Waals surface area contributed by atoms with Crippen molar-refractivity contribution in [1.29, 1.82) is 0 Å². The number of aliphatic imine (C=N–C) groups is 2. The zero-order valence-corrected chi connectivity index (χ0v) is 17.4. The Kier molecular flexibility index (Phi) is 6.50. The summed E-state index contributed by atoms with van der Waals surface area (Å²) in [5, 5.41) is 0. The molecule has 30 heavy (non-hydrogen) atoms. The van der Waals surface area contributed by atoms with E-state index in [1.807, 2.05) is 0 Å². The maximum absolute atomic E-state index is 12.9. The molecule has 2 aliphatic heterocycles. The number of rotatable bonds is 6. The number of allylic oxidation sites excluding steroid dienone is 1. The highest BCUT2D eigenvalue weighted by atomic mass is 32.2. The van der Waals surface area contributed by atoms with Gasteiger partial charge in [-0.1, -0.05) is 6.07 Å². The van der Waals surface area contributed by atoms with Crippen molar-refractivity contribution in [3.8, 4) is 5.75 Å². The van der Waals surface area contributed by atoms with E-state index >= 15 is 0 Å². The Hall–Kier alpha value is -3.21. The summed E-state index contributed by atoms with van der Waals surface area (Å²) in [4.78, 5) is 22.3. The number of nitrogens with one attached hydrogen (secondary N) is 1. The lowest BCUT2D eigenvalue weighted by atomic mass is 10.0. The van der Waals surface area contributed by atoms with Crippen LogP contribution in [0.1, 0.15) is 24.8 Å². The predicted octanol–water partition coefficient (Wildman–Crippen LogP) is 1.11. The van der Waals surface area contributed by atoms with E-state index in [0.717, 1.165) is 19.3 Å². The maximum atomic E-state index is 12.9. The Bertz CT molecular complexity index is 1030. The van der Waals surface area contributed by atoms with E-state index < -0.39 is 10.2 Å². The number of benzene rings is 1. The SMILES string of the molecule is C=N/C(=C\C=N/C)C(=O)N1CCCC[C@@H]1COc1cccc2c1C(N)=NS(=O)(=O)N2. The first-order chi connectivity index (χ1) is 14.4. The van der Waals surface area contributed by atoms with Crippen molar-refractivity contribution in [3.05, 3.63) is 35.5 Å². The van der Waals surface area contributed by atoms with Gasteiger partial charge in [0.2, 0.25) is 0 Å². The smallest absolute Gasteiger partial charge is 0.344 e. The van der Waals surface area contributed by atoms with Crippen LogP contribution in [0.2, 0.25) is 0 Å². The van der Waals surface area contributed by atoms with Gasteiger partial charge in [0, 0.05) is 19.8 Å². The second kappa shape index (κ2) is 9.08. The van der Waals surface area contributed by atoms with E-state index in [1.165, 1.54) is 12.3 Å². The van der Waals surface area contributed by atoms with Gasteiger partial charge in [-0.15, -0.1) is 4.40 Å². The highest BCUT2D eigenvalue weighted by Gasteiger charge is 2.30. The van der Waals surface area contributed by atoms with Crippen LogP contribution in [0, 0.1) is 0 Å². The average molecular weight is 433 g/mol. The molecule has 1 amide bonds. The first kappa shape index (κ1) is 21.5. The van der Waals surface area contributed by atoms with Gasteiger partial charge in [0.25, 0.3) is 5.91 Å². The Morgan fingerprint density at radius 2 is 2.27 bits per heavy atom. The first-order valence-corrected chi connectivity index (χ1v) is 10.8. The topological polar surface area (TPSA) is 139 Å².